The van der Waals surface area contributed by atoms with Gasteiger partial charge < -0.3 is 24.6 Å². The van der Waals surface area contributed by atoms with E-state index in [0.717, 1.165) is 11.1 Å². The van der Waals surface area contributed by atoms with Crippen LogP contribution in [-0.2, 0) is 11.4 Å². The van der Waals surface area contributed by atoms with Crippen molar-refractivity contribution < 1.29 is 24.1 Å². The molecule has 0 saturated heterocycles. The Kier molecular flexibility index (Phi) is 4.86. The van der Waals surface area contributed by atoms with Crippen LogP contribution in [0.15, 0.2) is 42.5 Å². The van der Waals surface area contributed by atoms with E-state index in [1.165, 1.54) is 0 Å². The fraction of sp³-hybridized carbons (Fsp3) is 0.278. The molecule has 0 saturated carbocycles. The number of ether oxygens (including phenoxy) is 3. The van der Waals surface area contributed by atoms with Gasteiger partial charge in [-0.1, -0.05) is 18.2 Å². The Morgan fingerprint density at radius 2 is 1.96 bits per heavy atom. The van der Waals surface area contributed by atoms with Crippen molar-refractivity contribution in [3.8, 4) is 17.2 Å². The van der Waals surface area contributed by atoms with Gasteiger partial charge in [0.2, 0.25) is 6.79 Å². The van der Waals surface area contributed by atoms with E-state index in [0.29, 0.717) is 17.2 Å². The van der Waals surface area contributed by atoms with Crippen LogP contribution in [0.4, 0.5) is 0 Å². The summed E-state index contributed by atoms with van der Waals surface area (Å²) >= 11 is 0. The smallest absolute Gasteiger partial charge is 0.258 e. The number of carbonyl (C=O) groups is 1. The quantitative estimate of drug-likeness (QED) is 0.849. The van der Waals surface area contributed by atoms with Gasteiger partial charge in [0, 0.05) is 0 Å². The van der Waals surface area contributed by atoms with Crippen LogP contribution in [0.3, 0.4) is 0 Å². The van der Waals surface area contributed by atoms with Crippen LogP contribution < -0.4 is 19.5 Å². The van der Waals surface area contributed by atoms with E-state index in [2.05, 4.69) is 5.32 Å². The number of aliphatic hydroxyl groups is 1. The molecule has 2 N–H and O–H groups in total. The first-order valence-electron chi connectivity index (χ1n) is 7.67. The molecule has 6 nitrogen and oxygen atoms in total. The average Bonchev–Trinajstić information content (AvgIpc) is 3.08. The van der Waals surface area contributed by atoms with Crippen molar-refractivity contribution in [1.29, 1.82) is 0 Å². The van der Waals surface area contributed by atoms with Gasteiger partial charge in [0.15, 0.2) is 18.1 Å². The van der Waals surface area contributed by atoms with E-state index < -0.39 is 0 Å². The first kappa shape index (κ1) is 16.1. The maximum absolute atomic E-state index is 12.0. The van der Waals surface area contributed by atoms with Gasteiger partial charge in [-0.25, -0.2) is 0 Å². The summed E-state index contributed by atoms with van der Waals surface area (Å²) in [5.74, 6) is 1.77. The maximum atomic E-state index is 12.0. The van der Waals surface area contributed by atoms with Gasteiger partial charge in [-0.2, -0.15) is 0 Å². The number of nitrogens with one attached hydrogen (secondary N) is 1. The normalized spacial score (nSPS) is 13.4. The van der Waals surface area contributed by atoms with Gasteiger partial charge in [-0.3, -0.25) is 4.79 Å². The summed E-state index contributed by atoms with van der Waals surface area (Å²) in [6.45, 7) is 2.02. The van der Waals surface area contributed by atoms with Crippen LogP contribution in [0.25, 0.3) is 0 Å². The molecule has 0 aliphatic carbocycles. The van der Waals surface area contributed by atoms with E-state index in [4.69, 9.17) is 19.3 Å². The van der Waals surface area contributed by atoms with Crippen molar-refractivity contribution in [2.24, 2.45) is 0 Å². The monoisotopic (exact) mass is 329 g/mol. The Morgan fingerprint density at radius 1 is 1.21 bits per heavy atom. The molecule has 1 heterocycles. The zero-order valence-corrected chi connectivity index (χ0v) is 13.3. The molecule has 126 valence electrons. The summed E-state index contributed by atoms with van der Waals surface area (Å²) in [5.41, 5.74) is 1.73. The maximum Gasteiger partial charge on any atom is 0.258 e. The Balaban J connectivity index is 1.52. The lowest BCUT2D eigenvalue weighted by Crippen LogP contribution is -2.31. The molecule has 2 aromatic carbocycles. The minimum absolute atomic E-state index is 0.0200. The predicted octanol–water partition coefficient (Wildman–Crippen LogP) is 2.16. The second-order valence-electron chi connectivity index (χ2n) is 5.49. The summed E-state index contributed by atoms with van der Waals surface area (Å²) in [6.07, 6.45) is 0. The zero-order valence-electron chi connectivity index (χ0n) is 13.3. The van der Waals surface area contributed by atoms with E-state index in [1.54, 1.807) is 24.3 Å². The van der Waals surface area contributed by atoms with E-state index >= 15 is 0 Å². The standard InChI is InChI=1S/C18H19NO5/c1-12(14-4-7-16-17(8-14)24-11-23-16)19-18(21)10-22-15-5-2-13(9-20)3-6-15/h2-8,12,20H,9-11H2,1H3,(H,19,21). The number of rotatable bonds is 6. The third-order valence-electron chi connectivity index (χ3n) is 3.75. The van der Waals surface area contributed by atoms with Crippen LogP contribution in [0.5, 0.6) is 17.2 Å². The molecule has 1 aliphatic rings. The molecule has 3 rings (SSSR count). The summed E-state index contributed by atoms with van der Waals surface area (Å²) in [7, 11) is 0. The Labute approximate surface area is 140 Å². The highest BCUT2D eigenvalue weighted by Crippen LogP contribution is 2.34. The molecular formula is C18H19NO5. The summed E-state index contributed by atoms with van der Waals surface area (Å²) in [5, 5.41) is 11.9. The molecule has 2 aromatic rings. The van der Waals surface area contributed by atoms with Crippen molar-refractivity contribution in [2.45, 2.75) is 19.6 Å². The highest BCUT2D eigenvalue weighted by atomic mass is 16.7. The van der Waals surface area contributed by atoms with Gasteiger partial charge in [-0.15, -0.1) is 0 Å². The van der Waals surface area contributed by atoms with Crippen molar-refractivity contribution in [3.05, 3.63) is 53.6 Å². The largest absolute Gasteiger partial charge is 0.484 e. The third-order valence-corrected chi connectivity index (χ3v) is 3.75. The van der Waals surface area contributed by atoms with Crippen molar-refractivity contribution >= 4 is 5.91 Å². The lowest BCUT2D eigenvalue weighted by molar-refractivity contribution is -0.123. The molecule has 0 spiro atoms. The van der Waals surface area contributed by atoms with Crippen molar-refractivity contribution in [3.63, 3.8) is 0 Å². The van der Waals surface area contributed by atoms with Gasteiger partial charge in [-0.05, 0) is 42.3 Å². The number of hydrogen-bond donors (Lipinski definition) is 2. The highest BCUT2D eigenvalue weighted by Gasteiger charge is 2.17. The molecule has 1 unspecified atom stereocenters. The average molecular weight is 329 g/mol. The number of hydrogen-bond acceptors (Lipinski definition) is 5. The highest BCUT2D eigenvalue weighted by molar-refractivity contribution is 5.78. The predicted molar refractivity (Wildman–Crippen MR) is 87.0 cm³/mol. The molecule has 1 aliphatic heterocycles. The van der Waals surface area contributed by atoms with Gasteiger partial charge in [0.25, 0.3) is 5.91 Å². The molecule has 0 fully saturated rings. The lowest BCUT2D eigenvalue weighted by Gasteiger charge is -2.15. The Morgan fingerprint density at radius 3 is 2.71 bits per heavy atom. The van der Waals surface area contributed by atoms with Gasteiger partial charge >= 0.3 is 0 Å². The molecule has 0 radical (unpaired) electrons. The van der Waals surface area contributed by atoms with E-state index in [-0.39, 0.29) is 32.0 Å². The van der Waals surface area contributed by atoms with Crippen LogP contribution in [0.1, 0.15) is 24.1 Å². The molecule has 24 heavy (non-hydrogen) atoms. The molecular weight excluding hydrogens is 310 g/mol. The lowest BCUT2D eigenvalue weighted by atomic mass is 10.1. The number of carbonyl (C=O) groups excluding carboxylic acids is 1. The van der Waals surface area contributed by atoms with Gasteiger partial charge in [0.1, 0.15) is 5.75 Å². The van der Waals surface area contributed by atoms with E-state index in [9.17, 15) is 4.79 Å². The molecule has 0 bridgehead atoms. The van der Waals surface area contributed by atoms with Crippen molar-refractivity contribution in [1.82, 2.24) is 5.32 Å². The van der Waals surface area contributed by atoms with Crippen LogP contribution >= 0.6 is 0 Å². The van der Waals surface area contributed by atoms with Crippen molar-refractivity contribution in [2.75, 3.05) is 13.4 Å². The molecule has 1 amide bonds. The summed E-state index contributed by atoms with van der Waals surface area (Å²) in [4.78, 5) is 12.0. The van der Waals surface area contributed by atoms with Crippen LogP contribution in [0, 0.1) is 0 Å². The molecule has 0 aromatic heterocycles. The fourth-order valence-electron chi connectivity index (χ4n) is 2.39. The first-order valence-corrected chi connectivity index (χ1v) is 7.67. The SMILES string of the molecule is CC(NC(=O)COc1ccc(CO)cc1)c1ccc2c(c1)OCO2. The minimum Gasteiger partial charge on any atom is -0.484 e. The molecule has 6 heteroatoms. The fourth-order valence-corrected chi connectivity index (χ4v) is 2.39. The van der Waals surface area contributed by atoms with Crippen LogP contribution in [0.2, 0.25) is 0 Å². The summed E-state index contributed by atoms with van der Waals surface area (Å²) in [6, 6.07) is 12.4. The number of amides is 1. The number of benzene rings is 2. The first-order chi connectivity index (χ1) is 11.7. The Hall–Kier alpha value is -2.73. The minimum atomic E-state index is -0.216. The number of aliphatic hydroxyl groups excluding tert-OH is 1. The number of fused-ring (bicyclic) bond motifs is 1. The second-order valence-corrected chi connectivity index (χ2v) is 5.49. The van der Waals surface area contributed by atoms with Gasteiger partial charge in [0.05, 0.1) is 12.6 Å². The summed E-state index contributed by atoms with van der Waals surface area (Å²) < 4.78 is 16.1. The van der Waals surface area contributed by atoms with Crippen LogP contribution in [-0.4, -0.2) is 24.4 Å². The second kappa shape index (κ2) is 7.23. The third kappa shape index (κ3) is 3.78. The van der Waals surface area contributed by atoms with E-state index in [1.807, 2.05) is 25.1 Å². The topological polar surface area (TPSA) is 77.0 Å². The molecule has 1 atom stereocenters. The zero-order chi connectivity index (χ0) is 16.9. The Bertz CT molecular complexity index is 714.